The van der Waals surface area contributed by atoms with E-state index in [0.29, 0.717) is 40.4 Å². The first-order chi connectivity index (χ1) is 17.9. The number of sulfonamides is 1. The molecule has 0 fully saturated rings. The molecular weight excluding hydrogens is 518 g/mol. The van der Waals surface area contributed by atoms with Crippen LogP contribution in [-0.4, -0.2) is 50.9 Å². The number of hydrogen-bond donors (Lipinski definition) is 3. The van der Waals surface area contributed by atoms with Gasteiger partial charge >= 0.3 is 0 Å². The van der Waals surface area contributed by atoms with E-state index in [9.17, 15) is 8.42 Å². The minimum atomic E-state index is -4.07. The van der Waals surface area contributed by atoms with Crippen molar-refractivity contribution in [1.29, 1.82) is 5.26 Å². The van der Waals surface area contributed by atoms with Gasteiger partial charge in [-0.05, 0) is 24.3 Å². The maximum absolute atomic E-state index is 13.1. The summed E-state index contributed by atoms with van der Waals surface area (Å²) in [5.74, 6) is 1.17. The number of aliphatic hydroxyl groups is 1. The van der Waals surface area contributed by atoms with E-state index in [4.69, 9.17) is 24.6 Å². The Morgan fingerprint density at radius 1 is 1.05 bits per heavy atom. The number of rotatable bonds is 11. The fraction of sp³-hybridized carbons (Fsp3) is 0.208. The molecule has 0 atom stereocenters. The van der Waals surface area contributed by atoms with Gasteiger partial charge in [-0.15, -0.1) is 11.3 Å². The Morgan fingerprint density at radius 2 is 1.78 bits per heavy atom. The molecule has 4 aromatic rings. The molecule has 0 spiro atoms. The van der Waals surface area contributed by atoms with Gasteiger partial charge in [0.2, 0.25) is 0 Å². The highest BCUT2D eigenvalue weighted by molar-refractivity contribution is 7.94. The lowest BCUT2D eigenvalue weighted by atomic mass is 10.2. The van der Waals surface area contributed by atoms with Gasteiger partial charge in [0.15, 0.2) is 23.1 Å². The third kappa shape index (κ3) is 5.83. The fourth-order valence-corrected chi connectivity index (χ4v) is 5.43. The number of fused-ring (bicyclic) bond motifs is 1. The summed E-state index contributed by atoms with van der Waals surface area (Å²) in [6.45, 7) is 0.149. The van der Waals surface area contributed by atoms with Crippen LogP contribution in [-0.2, 0) is 10.0 Å². The van der Waals surface area contributed by atoms with E-state index in [2.05, 4.69) is 20.0 Å². The number of nitrogens with zero attached hydrogens (tertiary/aromatic N) is 3. The average molecular weight is 542 g/mol. The highest BCUT2D eigenvalue weighted by Gasteiger charge is 2.23. The predicted molar refractivity (Wildman–Crippen MR) is 139 cm³/mol. The standard InChI is InChI=1S/C24H23N5O6S2/c1-33-15-12-19(22(20(13-15)34-2)35-11-5-10-30)28-23-24(27-18-7-4-3-6-17(18)26-23)29-37(31,32)21-9-8-16(14-25)36-21/h3-4,6-9,12-13,30H,5,10-11H2,1-2H3,(H,26,28)(H,27,29). The van der Waals surface area contributed by atoms with E-state index in [0.717, 1.165) is 11.3 Å². The molecule has 0 unspecified atom stereocenters. The molecule has 192 valence electrons. The highest BCUT2D eigenvalue weighted by Crippen LogP contribution is 2.42. The molecule has 3 N–H and O–H groups in total. The predicted octanol–water partition coefficient (Wildman–Crippen LogP) is 3.89. The quantitative estimate of drug-likeness (QED) is 0.238. The third-order valence-electron chi connectivity index (χ3n) is 5.04. The number of anilines is 3. The number of ether oxygens (including phenoxy) is 3. The van der Waals surface area contributed by atoms with Gasteiger partial charge in [0, 0.05) is 25.2 Å². The molecule has 0 amide bonds. The van der Waals surface area contributed by atoms with Gasteiger partial charge in [0.25, 0.3) is 10.0 Å². The first-order valence-electron chi connectivity index (χ1n) is 10.9. The van der Waals surface area contributed by atoms with Gasteiger partial charge in [-0.25, -0.2) is 18.4 Å². The van der Waals surface area contributed by atoms with Crippen molar-refractivity contribution in [2.24, 2.45) is 0 Å². The summed E-state index contributed by atoms with van der Waals surface area (Å²) in [6, 6.07) is 15.0. The molecule has 11 nitrogen and oxygen atoms in total. The molecule has 0 aliphatic carbocycles. The third-order valence-corrected chi connectivity index (χ3v) is 7.86. The molecule has 0 saturated heterocycles. The van der Waals surface area contributed by atoms with E-state index in [1.54, 1.807) is 36.4 Å². The topological polar surface area (TPSA) is 156 Å². The summed E-state index contributed by atoms with van der Waals surface area (Å²) in [4.78, 5) is 9.34. The smallest absolute Gasteiger partial charge is 0.272 e. The lowest BCUT2D eigenvalue weighted by Gasteiger charge is -2.19. The number of aromatic nitrogens is 2. The summed E-state index contributed by atoms with van der Waals surface area (Å²) in [6.07, 6.45) is 0.390. The maximum atomic E-state index is 13.1. The number of thiophene rings is 1. The van der Waals surface area contributed by atoms with Crippen LogP contribution in [0.2, 0.25) is 0 Å². The second kappa shape index (κ2) is 11.3. The molecule has 2 aromatic heterocycles. The molecule has 2 aromatic carbocycles. The van der Waals surface area contributed by atoms with Crippen molar-refractivity contribution in [2.45, 2.75) is 10.6 Å². The Labute approximate surface area is 217 Å². The first kappa shape index (κ1) is 26.0. The van der Waals surface area contributed by atoms with Crippen molar-refractivity contribution >= 4 is 49.7 Å². The van der Waals surface area contributed by atoms with Crippen LogP contribution in [0.1, 0.15) is 11.3 Å². The second-order valence-corrected chi connectivity index (χ2v) is 10.5. The normalized spacial score (nSPS) is 11.1. The Balaban J connectivity index is 1.81. The summed E-state index contributed by atoms with van der Waals surface area (Å²) in [7, 11) is -1.10. The van der Waals surface area contributed by atoms with Crippen molar-refractivity contribution in [2.75, 3.05) is 37.5 Å². The molecule has 37 heavy (non-hydrogen) atoms. The molecular formula is C24H23N5O6S2. The van der Waals surface area contributed by atoms with Crippen molar-refractivity contribution in [3.05, 3.63) is 53.4 Å². The number of aliphatic hydroxyl groups excluding tert-OH is 1. The van der Waals surface area contributed by atoms with E-state index in [1.807, 2.05) is 6.07 Å². The van der Waals surface area contributed by atoms with Crippen molar-refractivity contribution < 1.29 is 27.7 Å². The van der Waals surface area contributed by atoms with E-state index >= 15 is 0 Å². The summed E-state index contributed by atoms with van der Waals surface area (Å²) in [5.41, 5.74) is 1.37. The highest BCUT2D eigenvalue weighted by atomic mass is 32.2. The van der Waals surface area contributed by atoms with E-state index in [1.165, 1.54) is 26.4 Å². The molecule has 0 bridgehead atoms. The zero-order chi connectivity index (χ0) is 26.4. The Bertz CT molecular complexity index is 1570. The largest absolute Gasteiger partial charge is 0.497 e. The van der Waals surface area contributed by atoms with Crippen molar-refractivity contribution in [3.63, 3.8) is 0 Å². The maximum Gasteiger partial charge on any atom is 0.272 e. The van der Waals surface area contributed by atoms with Gasteiger partial charge in [0.05, 0.1) is 37.5 Å². The summed E-state index contributed by atoms with van der Waals surface area (Å²) in [5, 5.41) is 21.4. The number of hydrogen-bond acceptors (Lipinski definition) is 11. The van der Waals surface area contributed by atoms with Gasteiger partial charge in [-0.2, -0.15) is 5.26 Å². The fourth-order valence-electron chi connectivity index (χ4n) is 3.32. The average Bonchev–Trinajstić information content (AvgIpc) is 3.40. The Morgan fingerprint density at radius 3 is 2.41 bits per heavy atom. The minimum absolute atomic E-state index is 0.0407. The molecule has 4 rings (SSSR count). The minimum Gasteiger partial charge on any atom is -0.497 e. The van der Waals surface area contributed by atoms with Crippen LogP contribution in [0.25, 0.3) is 11.0 Å². The summed E-state index contributed by atoms with van der Waals surface area (Å²) < 4.78 is 45.4. The number of methoxy groups -OCH3 is 2. The van der Waals surface area contributed by atoms with Crippen LogP contribution >= 0.6 is 11.3 Å². The lowest BCUT2D eigenvalue weighted by Crippen LogP contribution is -2.15. The Kier molecular flexibility index (Phi) is 7.92. The molecule has 2 heterocycles. The van der Waals surface area contributed by atoms with Crippen molar-refractivity contribution in [1.82, 2.24) is 9.97 Å². The number of nitriles is 1. The Hall–Kier alpha value is -4.12. The molecule has 0 radical (unpaired) electrons. The molecule has 13 heteroatoms. The van der Waals surface area contributed by atoms with Crippen LogP contribution in [0.15, 0.2) is 52.7 Å². The lowest BCUT2D eigenvalue weighted by molar-refractivity contribution is 0.228. The van der Waals surface area contributed by atoms with Crippen LogP contribution in [0, 0.1) is 11.3 Å². The SMILES string of the molecule is COc1cc(Nc2nc3ccccc3nc2NS(=O)(=O)c2ccc(C#N)s2)c(OCCCO)c(OC)c1. The number of benzene rings is 2. The monoisotopic (exact) mass is 541 g/mol. The second-order valence-electron chi connectivity index (χ2n) is 7.50. The van der Waals surface area contributed by atoms with E-state index < -0.39 is 10.0 Å². The van der Waals surface area contributed by atoms with Gasteiger partial charge in [-0.1, -0.05) is 12.1 Å². The van der Waals surface area contributed by atoms with Crippen LogP contribution < -0.4 is 24.2 Å². The van der Waals surface area contributed by atoms with Gasteiger partial charge < -0.3 is 24.6 Å². The van der Waals surface area contributed by atoms with Crippen LogP contribution in [0.5, 0.6) is 17.2 Å². The zero-order valence-electron chi connectivity index (χ0n) is 19.9. The molecule has 0 aliphatic rings. The first-order valence-corrected chi connectivity index (χ1v) is 13.2. The summed E-state index contributed by atoms with van der Waals surface area (Å²) >= 11 is 0.842. The number of nitrogens with one attached hydrogen (secondary N) is 2. The zero-order valence-corrected chi connectivity index (χ0v) is 21.5. The number of para-hydroxylation sites is 2. The van der Waals surface area contributed by atoms with Crippen LogP contribution in [0.3, 0.4) is 0 Å². The molecule has 0 saturated carbocycles. The van der Waals surface area contributed by atoms with Gasteiger partial charge in [0.1, 0.15) is 20.9 Å². The van der Waals surface area contributed by atoms with Gasteiger partial charge in [-0.3, -0.25) is 4.72 Å². The van der Waals surface area contributed by atoms with Crippen LogP contribution in [0.4, 0.5) is 17.3 Å². The molecule has 0 aliphatic heterocycles. The van der Waals surface area contributed by atoms with Crippen molar-refractivity contribution in [3.8, 4) is 23.3 Å². The van der Waals surface area contributed by atoms with E-state index in [-0.39, 0.29) is 33.9 Å².